The lowest BCUT2D eigenvalue weighted by molar-refractivity contribution is 0.371. The Balaban J connectivity index is 2.24. The first-order chi connectivity index (χ1) is 10.0. The predicted molar refractivity (Wildman–Crippen MR) is 87.7 cm³/mol. The molecular formula is C15H15BrClNO3. The van der Waals surface area contributed by atoms with E-state index in [4.69, 9.17) is 21.1 Å². The summed E-state index contributed by atoms with van der Waals surface area (Å²) < 4.78 is 11.3. The van der Waals surface area contributed by atoms with Crippen LogP contribution in [0.1, 0.15) is 5.56 Å². The highest BCUT2D eigenvalue weighted by Crippen LogP contribution is 2.35. The van der Waals surface area contributed by atoms with Gasteiger partial charge in [-0.25, -0.2) is 0 Å². The summed E-state index contributed by atoms with van der Waals surface area (Å²) in [6, 6.07) is 8.91. The molecule has 0 aliphatic rings. The number of rotatable bonds is 5. The number of benzene rings is 2. The van der Waals surface area contributed by atoms with Crippen LogP contribution in [0.25, 0.3) is 0 Å². The van der Waals surface area contributed by atoms with E-state index in [2.05, 4.69) is 21.2 Å². The molecule has 0 saturated heterocycles. The molecule has 0 amide bonds. The maximum absolute atomic E-state index is 10.1. The lowest BCUT2D eigenvalue weighted by atomic mass is 10.1. The van der Waals surface area contributed by atoms with Crippen LogP contribution in [-0.2, 0) is 6.54 Å². The molecule has 0 bridgehead atoms. The van der Waals surface area contributed by atoms with Crippen LogP contribution in [0, 0.1) is 0 Å². The van der Waals surface area contributed by atoms with Crippen LogP contribution in [0.5, 0.6) is 17.2 Å². The molecular weight excluding hydrogens is 358 g/mol. The summed E-state index contributed by atoms with van der Waals surface area (Å²) in [6.07, 6.45) is 0. The number of hydrogen-bond donors (Lipinski definition) is 2. The molecule has 6 heteroatoms. The summed E-state index contributed by atoms with van der Waals surface area (Å²) in [7, 11) is 3.09. The standard InChI is InChI=1S/C15H15BrClNO3/c1-20-13-4-3-10(16)6-12(13)18-8-9-5-11(17)7-14(21-2)15(9)19/h3-7,18-19H,8H2,1-2H3. The van der Waals surface area contributed by atoms with E-state index in [1.165, 1.54) is 7.11 Å². The Morgan fingerprint density at radius 1 is 1.14 bits per heavy atom. The highest BCUT2D eigenvalue weighted by Gasteiger charge is 2.11. The lowest BCUT2D eigenvalue weighted by Gasteiger charge is -2.14. The van der Waals surface area contributed by atoms with Crippen molar-refractivity contribution in [1.82, 2.24) is 0 Å². The zero-order chi connectivity index (χ0) is 15.4. The Labute approximate surface area is 136 Å². The third-order valence-corrected chi connectivity index (χ3v) is 3.68. The van der Waals surface area contributed by atoms with E-state index >= 15 is 0 Å². The minimum absolute atomic E-state index is 0.0726. The van der Waals surface area contributed by atoms with Gasteiger partial charge in [0.25, 0.3) is 0 Å². The van der Waals surface area contributed by atoms with Gasteiger partial charge >= 0.3 is 0 Å². The van der Waals surface area contributed by atoms with Gasteiger partial charge in [0.05, 0.1) is 19.9 Å². The number of nitrogens with one attached hydrogen (secondary N) is 1. The largest absolute Gasteiger partial charge is 0.504 e. The third-order valence-electron chi connectivity index (χ3n) is 2.97. The average molecular weight is 373 g/mol. The van der Waals surface area contributed by atoms with Gasteiger partial charge in [-0.15, -0.1) is 0 Å². The second-order valence-electron chi connectivity index (χ2n) is 4.31. The van der Waals surface area contributed by atoms with E-state index in [-0.39, 0.29) is 5.75 Å². The van der Waals surface area contributed by atoms with Crippen molar-refractivity contribution < 1.29 is 14.6 Å². The van der Waals surface area contributed by atoms with Gasteiger partial charge in [0, 0.05) is 27.7 Å². The Morgan fingerprint density at radius 2 is 1.86 bits per heavy atom. The topological polar surface area (TPSA) is 50.7 Å². The van der Waals surface area contributed by atoms with Crippen LogP contribution in [0.2, 0.25) is 5.02 Å². The molecule has 2 N–H and O–H groups in total. The summed E-state index contributed by atoms with van der Waals surface area (Å²) in [5.74, 6) is 1.13. The molecule has 0 aliphatic heterocycles. The van der Waals surface area contributed by atoms with Crippen molar-refractivity contribution in [2.75, 3.05) is 19.5 Å². The first-order valence-corrected chi connectivity index (χ1v) is 7.35. The molecule has 4 nitrogen and oxygen atoms in total. The van der Waals surface area contributed by atoms with Crippen LogP contribution in [0.4, 0.5) is 5.69 Å². The van der Waals surface area contributed by atoms with Gasteiger partial charge < -0.3 is 19.9 Å². The minimum Gasteiger partial charge on any atom is -0.504 e. The SMILES string of the molecule is COc1ccc(Br)cc1NCc1cc(Cl)cc(OC)c1O. The number of phenolic OH excluding ortho intramolecular Hbond substituents is 1. The molecule has 2 rings (SSSR count). The summed E-state index contributed by atoms with van der Waals surface area (Å²) in [4.78, 5) is 0. The summed E-state index contributed by atoms with van der Waals surface area (Å²) >= 11 is 9.43. The van der Waals surface area contributed by atoms with Gasteiger partial charge in [-0.1, -0.05) is 27.5 Å². The number of hydrogen-bond acceptors (Lipinski definition) is 4. The van der Waals surface area contributed by atoms with Gasteiger partial charge in [0.15, 0.2) is 11.5 Å². The van der Waals surface area contributed by atoms with Crippen LogP contribution in [0.15, 0.2) is 34.8 Å². The molecule has 2 aromatic carbocycles. The molecule has 0 unspecified atom stereocenters. The van der Waals surface area contributed by atoms with Crippen LogP contribution in [-0.4, -0.2) is 19.3 Å². The highest BCUT2D eigenvalue weighted by molar-refractivity contribution is 9.10. The number of ether oxygens (including phenoxy) is 2. The first kappa shape index (κ1) is 15.8. The quantitative estimate of drug-likeness (QED) is 0.815. The molecule has 0 aromatic heterocycles. The van der Waals surface area contributed by atoms with Crippen molar-refractivity contribution in [3.05, 3.63) is 45.4 Å². The molecule has 0 aliphatic carbocycles. The van der Waals surface area contributed by atoms with Crippen LogP contribution < -0.4 is 14.8 Å². The molecule has 21 heavy (non-hydrogen) atoms. The Hall–Kier alpha value is -1.59. The van der Waals surface area contributed by atoms with Crippen LogP contribution in [0.3, 0.4) is 0 Å². The summed E-state index contributed by atoms with van der Waals surface area (Å²) in [5.41, 5.74) is 1.45. The van der Waals surface area contributed by atoms with E-state index in [0.29, 0.717) is 28.6 Å². The highest BCUT2D eigenvalue weighted by atomic mass is 79.9. The fourth-order valence-electron chi connectivity index (χ4n) is 1.93. The van der Waals surface area contributed by atoms with Crippen molar-refractivity contribution in [2.24, 2.45) is 0 Å². The van der Waals surface area contributed by atoms with Crippen molar-refractivity contribution in [3.63, 3.8) is 0 Å². The van der Waals surface area contributed by atoms with E-state index in [1.54, 1.807) is 19.2 Å². The normalized spacial score (nSPS) is 10.3. The second-order valence-corrected chi connectivity index (χ2v) is 5.67. The fraction of sp³-hybridized carbons (Fsp3) is 0.200. The maximum Gasteiger partial charge on any atom is 0.162 e. The number of anilines is 1. The zero-order valence-electron chi connectivity index (χ0n) is 11.6. The number of halogens is 2. The van der Waals surface area contributed by atoms with E-state index in [1.807, 2.05) is 18.2 Å². The van der Waals surface area contributed by atoms with E-state index in [0.717, 1.165) is 10.2 Å². The van der Waals surface area contributed by atoms with Gasteiger partial charge in [0.2, 0.25) is 0 Å². The molecule has 0 atom stereocenters. The Morgan fingerprint density at radius 3 is 2.52 bits per heavy atom. The predicted octanol–water partition coefficient (Wildman–Crippen LogP) is 4.44. The van der Waals surface area contributed by atoms with E-state index in [9.17, 15) is 5.11 Å². The van der Waals surface area contributed by atoms with Crippen molar-refractivity contribution >= 4 is 33.2 Å². The Kier molecular flexibility index (Phi) is 5.20. The van der Waals surface area contributed by atoms with E-state index < -0.39 is 0 Å². The lowest BCUT2D eigenvalue weighted by Crippen LogP contribution is -2.02. The number of phenols is 1. The fourth-order valence-corrected chi connectivity index (χ4v) is 2.52. The summed E-state index contributed by atoms with van der Waals surface area (Å²) in [5, 5.41) is 13.8. The monoisotopic (exact) mass is 371 g/mol. The molecule has 0 saturated carbocycles. The maximum atomic E-state index is 10.1. The molecule has 112 valence electrons. The van der Waals surface area contributed by atoms with Crippen molar-refractivity contribution in [3.8, 4) is 17.2 Å². The molecule has 0 heterocycles. The van der Waals surface area contributed by atoms with Gasteiger partial charge in [-0.3, -0.25) is 0 Å². The molecule has 0 spiro atoms. The second kappa shape index (κ2) is 6.91. The smallest absolute Gasteiger partial charge is 0.162 e. The molecule has 2 aromatic rings. The van der Waals surface area contributed by atoms with Gasteiger partial charge in [-0.2, -0.15) is 0 Å². The molecule has 0 radical (unpaired) electrons. The van der Waals surface area contributed by atoms with Crippen LogP contribution >= 0.6 is 27.5 Å². The minimum atomic E-state index is 0.0726. The average Bonchev–Trinajstić information content (AvgIpc) is 2.47. The van der Waals surface area contributed by atoms with Gasteiger partial charge in [-0.05, 0) is 24.3 Å². The number of aromatic hydroxyl groups is 1. The summed E-state index contributed by atoms with van der Waals surface area (Å²) in [6.45, 7) is 0.384. The zero-order valence-corrected chi connectivity index (χ0v) is 14.0. The molecule has 0 fully saturated rings. The Bertz CT molecular complexity index is 649. The number of methoxy groups -OCH3 is 2. The van der Waals surface area contributed by atoms with Crippen molar-refractivity contribution in [1.29, 1.82) is 0 Å². The van der Waals surface area contributed by atoms with Gasteiger partial charge in [0.1, 0.15) is 5.75 Å². The van der Waals surface area contributed by atoms with Crippen molar-refractivity contribution in [2.45, 2.75) is 6.54 Å². The third kappa shape index (κ3) is 3.74. The first-order valence-electron chi connectivity index (χ1n) is 6.18.